The Morgan fingerprint density at radius 2 is 1.92 bits per heavy atom. The van der Waals surface area contributed by atoms with Crippen LogP contribution in [0, 0.1) is 13.8 Å². The van der Waals surface area contributed by atoms with E-state index < -0.39 is 5.97 Å². The van der Waals surface area contributed by atoms with E-state index in [0.29, 0.717) is 11.4 Å². The highest BCUT2D eigenvalue weighted by Gasteiger charge is 2.09. The molecule has 0 aliphatic carbocycles. The van der Waals surface area contributed by atoms with E-state index in [4.69, 9.17) is 9.47 Å². The van der Waals surface area contributed by atoms with Gasteiger partial charge in [0.15, 0.2) is 6.61 Å². The first kappa shape index (κ1) is 19.0. The minimum absolute atomic E-state index is 0.0807. The Bertz CT molecular complexity index is 761. The van der Waals surface area contributed by atoms with E-state index in [0.717, 1.165) is 15.6 Å². The maximum Gasteiger partial charge on any atom is 0.309 e. The van der Waals surface area contributed by atoms with E-state index >= 15 is 0 Å². The molecule has 1 N–H and O–H groups in total. The Morgan fingerprint density at radius 3 is 2.64 bits per heavy atom. The quantitative estimate of drug-likeness (QED) is 0.706. The van der Waals surface area contributed by atoms with Crippen LogP contribution in [-0.4, -0.2) is 25.1 Å². The smallest absolute Gasteiger partial charge is 0.309 e. The van der Waals surface area contributed by atoms with E-state index in [1.54, 1.807) is 12.1 Å². The summed E-state index contributed by atoms with van der Waals surface area (Å²) in [5, 5.41) is 2.68. The maximum absolute atomic E-state index is 11.8. The second kappa shape index (κ2) is 9.22. The van der Waals surface area contributed by atoms with Crippen molar-refractivity contribution in [2.75, 3.05) is 18.5 Å². The van der Waals surface area contributed by atoms with Gasteiger partial charge in [-0.05, 0) is 49.2 Å². The number of halogens is 1. The number of hydrogen-bond acceptors (Lipinski definition) is 4. The summed E-state index contributed by atoms with van der Waals surface area (Å²) in [6.45, 7) is 3.80. The number of rotatable bonds is 7. The molecule has 0 aromatic heterocycles. The lowest BCUT2D eigenvalue weighted by molar-refractivity contribution is -0.147. The van der Waals surface area contributed by atoms with Crippen LogP contribution in [0.4, 0.5) is 5.69 Å². The van der Waals surface area contributed by atoms with Crippen molar-refractivity contribution in [3.05, 3.63) is 58.1 Å². The zero-order chi connectivity index (χ0) is 18.2. The molecule has 2 aromatic carbocycles. The lowest BCUT2D eigenvalue weighted by Crippen LogP contribution is -2.21. The fourth-order valence-electron chi connectivity index (χ4n) is 2.04. The van der Waals surface area contributed by atoms with Crippen LogP contribution in [0.1, 0.15) is 17.5 Å². The van der Waals surface area contributed by atoms with Crippen LogP contribution >= 0.6 is 15.9 Å². The topological polar surface area (TPSA) is 64.6 Å². The number of carbonyl (C=O) groups excluding carboxylic acids is 2. The summed E-state index contributed by atoms with van der Waals surface area (Å²) in [6.07, 6.45) is 0.0807. The molecule has 0 fully saturated rings. The SMILES string of the molecule is Cc1cccc(OCCC(=O)OCC(=O)Nc2ccc(C)c(Br)c2)c1. The van der Waals surface area contributed by atoms with Gasteiger partial charge in [-0.15, -0.1) is 0 Å². The van der Waals surface area contributed by atoms with Crippen LogP contribution in [0.3, 0.4) is 0 Å². The van der Waals surface area contributed by atoms with Crippen molar-refractivity contribution in [3.8, 4) is 5.75 Å². The average molecular weight is 406 g/mol. The highest BCUT2D eigenvalue weighted by molar-refractivity contribution is 9.10. The zero-order valence-corrected chi connectivity index (χ0v) is 15.8. The number of anilines is 1. The van der Waals surface area contributed by atoms with Gasteiger partial charge >= 0.3 is 5.97 Å². The van der Waals surface area contributed by atoms with Crippen LogP contribution in [0.15, 0.2) is 46.9 Å². The second-order valence-electron chi connectivity index (χ2n) is 5.59. The molecule has 0 atom stereocenters. The van der Waals surface area contributed by atoms with Gasteiger partial charge in [-0.25, -0.2) is 0 Å². The minimum Gasteiger partial charge on any atom is -0.493 e. The third-order valence-electron chi connectivity index (χ3n) is 3.38. The van der Waals surface area contributed by atoms with E-state index in [2.05, 4.69) is 21.2 Å². The van der Waals surface area contributed by atoms with Gasteiger partial charge in [0.2, 0.25) is 0 Å². The van der Waals surface area contributed by atoms with Crippen LogP contribution in [0.5, 0.6) is 5.75 Å². The van der Waals surface area contributed by atoms with Gasteiger partial charge in [-0.3, -0.25) is 9.59 Å². The lowest BCUT2D eigenvalue weighted by Gasteiger charge is -2.09. The highest BCUT2D eigenvalue weighted by atomic mass is 79.9. The summed E-state index contributed by atoms with van der Waals surface area (Å²) in [5.41, 5.74) is 2.79. The summed E-state index contributed by atoms with van der Waals surface area (Å²) in [4.78, 5) is 23.5. The molecule has 132 valence electrons. The Morgan fingerprint density at radius 1 is 1.12 bits per heavy atom. The van der Waals surface area contributed by atoms with Crippen molar-refractivity contribution in [3.63, 3.8) is 0 Å². The molecule has 0 saturated carbocycles. The fourth-order valence-corrected chi connectivity index (χ4v) is 2.42. The fraction of sp³-hybridized carbons (Fsp3) is 0.263. The van der Waals surface area contributed by atoms with Gasteiger partial charge in [0.1, 0.15) is 5.75 Å². The Hall–Kier alpha value is -2.34. The molecular formula is C19H20BrNO4. The van der Waals surface area contributed by atoms with Crippen molar-refractivity contribution in [2.45, 2.75) is 20.3 Å². The summed E-state index contributed by atoms with van der Waals surface area (Å²) >= 11 is 3.40. The van der Waals surface area contributed by atoms with E-state index in [1.807, 2.05) is 44.2 Å². The number of nitrogens with one attached hydrogen (secondary N) is 1. The summed E-state index contributed by atoms with van der Waals surface area (Å²) in [5.74, 6) is -0.160. The summed E-state index contributed by atoms with van der Waals surface area (Å²) < 4.78 is 11.3. The molecule has 0 spiro atoms. The molecular weight excluding hydrogens is 386 g/mol. The summed E-state index contributed by atoms with van der Waals surface area (Å²) in [6, 6.07) is 13.0. The Kier molecular flexibility index (Phi) is 7.01. The largest absolute Gasteiger partial charge is 0.493 e. The predicted octanol–water partition coefficient (Wildman–Crippen LogP) is 4.02. The van der Waals surface area contributed by atoms with Crippen LogP contribution < -0.4 is 10.1 Å². The third kappa shape index (κ3) is 6.58. The highest BCUT2D eigenvalue weighted by Crippen LogP contribution is 2.20. The first-order chi connectivity index (χ1) is 11.9. The van der Waals surface area contributed by atoms with Crippen molar-refractivity contribution >= 4 is 33.5 Å². The number of amides is 1. The molecule has 0 unspecified atom stereocenters. The van der Waals surface area contributed by atoms with Gasteiger partial charge in [-0.1, -0.05) is 34.1 Å². The number of hydrogen-bond donors (Lipinski definition) is 1. The van der Waals surface area contributed by atoms with E-state index in [-0.39, 0.29) is 25.5 Å². The number of benzene rings is 2. The average Bonchev–Trinajstić information content (AvgIpc) is 2.56. The second-order valence-corrected chi connectivity index (χ2v) is 6.44. The standard InChI is InChI=1S/C19H20BrNO4/c1-13-4-3-5-16(10-13)24-9-8-19(23)25-12-18(22)21-15-7-6-14(2)17(20)11-15/h3-7,10-11H,8-9,12H2,1-2H3,(H,21,22). The number of aryl methyl sites for hydroxylation is 2. The summed E-state index contributed by atoms with van der Waals surface area (Å²) in [7, 11) is 0. The van der Waals surface area contributed by atoms with Crippen LogP contribution in [-0.2, 0) is 14.3 Å². The molecule has 2 rings (SSSR count). The molecule has 2 aromatic rings. The van der Waals surface area contributed by atoms with Crippen molar-refractivity contribution in [1.82, 2.24) is 0 Å². The van der Waals surface area contributed by atoms with Gasteiger partial charge in [-0.2, -0.15) is 0 Å². The number of ether oxygens (including phenoxy) is 2. The molecule has 0 aliphatic rings. The van der Waals surface area contributed by atoms with Gasteiger partial charge in [0.05, 0.1) is 13.0 Å². The number of esters is 1. The third-order valence-corrected chi connectivity index (χ3v) is 4.24. The predicted molar refractivity (Wildman–Crippen MR) is 99.8 cm³/mol. The lowest BCUT2D eigenvalue weighted by atomic mass is 10.2. The van der Waals surface area contributed by atoms with Crippen molar-refractivity contribution in [2.24, 2.45) is 0 Å². The van der Waals surface area contributed by atoms with E-state index in [1.165, 1.54) is 0 Å². The van der Waals surface area contributed by atoms with Crippen molar-refractivity contribution < 1.29 is 19.1 Å². The minimum atomic E-state index is -0.479. The van der Waals surface area contributed by atoms with E-state index in [9.17, 15) is 9.59 Å². The first-order valence-corrected chi connectivity index (χ1v) is 8.64. The molecule has 5 nitrogen and oxygen atoms in total. The monoisotopic (exact) mass is 405 g/mol. The molecule has 25 heavy (non-hydrogen) atoms. The van der Waals surface area contributed by atoms with Crippen LogP contribution in [0.2, 0.25) is 0 Å². The molecule has 0 aliphatic heterocycles. The van der Waals surface area contributed by atoms with Gasteiger partial charge in [0, 0.05) is 10.2 Å². The Balaban J connectivity index is 1.68. The molecule has 0 bridgehead atoms. The molecule has 0 radical (unpaired) electrons. The molecule has 0 heterocycles. The normalized spacial score (nSPS) is 10.2. The molecule has 1 amide bonds. The Labute approximate surface area is 155 Å². The van der Waals surface area contributed by atoms with Crippen molar-refractivity contribution in [1.29, 1.82) is 0 Å². The first-order valence-electron chi connectivity index (χ1n) is 7.85. The maximum atomic E-state index is 11.8. The molecule has 0 saturated heterocycles. The van der Waals surface area contributed by atoms with Gasteiger partial charge in [0.25, 0.3) is 5.91 Å². The number of carbonyl (C=O) groups is 2. The van der Waals surface area contributed by atoms with Crippen LogP contribution in [0.25, 0.3) is 0 Å². The zero-order valence-electron chi connectivity index (χ0n) is 14.2. The molecule has 6 heteroatoms. The van der Waals surface area contributed by atoms with Gasteiger partial charge < -0.3 is 14.8 Å².